The highest BCUT2D eigenvalue weighted by molar-refractivity contribution is 8.15. The number of thioether (sulfide) groups is 1. The van der Waals surface area contributed by atoms with E-state index in [-0.39, 0.29) is 42.5 Å². The summed E-state index contributed by atoms with van der Waals surface area (Å²) in [5.41, 5.74) is 0.0629. The summed E-state index contributed by atoms with van der Waals surface area (Å²) in [4.78, 5) is 39.6. The van der Waals surface area contributed by atoms with Crippen LogP contribution < -0.4 is 4.90 Å². The van der Waals surface area contributed by atoms with Gasteiger partial charge in [-0.05, 0) is 12.1 Å². The van der Waals surface area contributed by atoms with Crippen molar-refractivity contribution in [3.05, 3.63) is 18.2 Å². The van der Waals surface area contributed by atoms with Gasteiger partial charge in [-0.3, -0.25) is 9.59 Å². The average molecular weight is 457 g/mol. The Labute approximate surface area is 182 Å². The number of halogens is 1. The second-order valence-electron chi connectivity index (χ2n) is 6.02. The number of hydrogen-bond acceptors (Lipinski definition) is 11. The summed E-state index contributed by atoms with van der Waals surface area (Å²) in [6.07, 6.45) is 0.903. The van der Waals surface area contributed by atoms with Gasteiger partial charge in [0.15, 0.2) is 0 Å². The number of anilines is 1. The number of rotatable bonds is 9. The van der Waals surface area contributed by atoms with Crippen LogP contribution in [0, 0.1) is 0 Å². The van der Waals surface area contributed by atoms with Gasteiger partial charge in [0.1, 0.15) is 28.5 Å². The van der Waals surface area contributed by atoms with Crippen LogP contribution in [0.4, 0.5) is 11.4 Å². The monoisotopic (exact) mass is 456 g/mol. The standard InChI is InChI=1S/C18H21ClN4O6S/c1-28-15(26)5-7-23(8-6-16(27)29-2)11-3-4-12(13(25)9-11)21-22-18-20-17(19)14(10-24)30-18/h3-4,9-10,14,17,25H,5-8H2,1-2H3/b22-21+. The Morgan fingerprint density at radius 3 is 2.37 bits per heavy atom. The van der Waals surface area contributed by atoms with Crippen LogP contribution >= 0.6 is 23.4 Å². The molecule has 1 aliphatic heterocycles. The van der Waals surface area contributed by atoms with E-state index in [4.69, 9.17) is 11.6 Å². The highest BCUT2D eigenvalue weighted by Gasteiger charge is 2.28. The number of ether oxygens (including phenoxy) is 2. The molecule has 0 radical (unpaired) electrons. The van der Waals surface area contributed by atoms with Gasteiger partial charge >= 0.3 is 11.9 Å². The van der Waals surface area contributed by atoms with Crippen molar-refractivity contribution < 1.29 is 29.0 Å². The van der Waals surface area contributed by atoms with Gasteiger partial charge in [-0.2, -0.15) is 0 Å². The Kier molecular flexibility index (Phi) is 9.06. The molecule has 2 unspecified atom stereocenters. The third-order valence-corrected chi connectivity index (χ3v) is 5.63. The van der Waals surface area contributed by atoms with Crippen molar-refractivity contribution in [1.29, 1.82) is 0 Å². The Morgan fingerprint density at radius 2 is 1.87 bits per heavy atom. The maximum Gasteiger partial charge on any atom is 0.307 e. The van der Waals surface area contributed by atoms with E-state index in [1.54, 1.807) is 11.0 Å². The molecule has 10 nitrogen and oxygen atoms in total. The predicted octanol–water partition coefficient (Wildman–Crippen LogP) is 2.64. The van der Waals surface area contributed by atoms with Gasteiger partial charge in [0.25, 0.3) is 0 Å². The summed E-state index contributed by atoms with van der Waals surface area (Å²) in [6, 6.07) is 4.66. The SMILES string of the molecule is COC(=O)CCN(CCC(=O)OC)c1ccc(/N=N/C2=NC(Cl)C(C=O)S2)c(O)c1. The number of nitrogens with zero attached hydrogens (tertiary/aromatic N) is 4. The Hall–Kier alpha value is -2.66. The lowest BCUT2D eigenvalue weighted by Crippen LogP contribution is -2.29. The second kappa shape index (κ2) is 11.5. The third-order valence-electron chi connectivity index (χ3n) is 4.07. The molecule has 0 amide bonds. The normalized spacial score (nSPS) is 18.2. The molecule has 0 aliphatic carbocycles. The molecule has 0 aromatic heterocycles. The highest BCUT2D eigenvalue weighted by Crippen LogP contribution is 2.33. The van der Waals surface area contributed by atoms with Crippen LogP contribution in [0.1, 0.15) is 12.8 Å². The maximum atomic E-state index is 11.5. The number of esters is 2. The summed E-state index contributed by atoms with van der Waals surface area (Å²) in [7, 11) is 2.59. The van der Waals surface area contributed by atoms with Crippen molar-refractivity contribution >= 4 is 58.1 Å². The van der Waals surface area contributed by atoms with E-state index in [1.165, 1.54) is 26.4 Å². The zero-order valence-electron chi connectivity index (χ0n) is 16.4. The fourth-order valence-electron chi connectivity index (χ4n) is 2.45. The molecule has 0 spiro atoms. The van der Waals surface area contributed by atoms with Gasteiger partial charge in [0.05, 0.1) is 27.1 Å². The van der Waals surface area contributed by atoms with Crippen LogP contribution in [0.3, 0.4) is 0 Å². The molecule has 12 heteroatoms. The van der Waals surface area contributed by atoms with Gasteiger partial charge < -0.3 is 24.3 Å². The van der Waals surface area contributed by atoms with Crippen LogP contribution in [0.2, 0.25) is 0 Å². The smallest absolute Gasteiger partial charge is 0.307 e. The van der Waals surface area contributed by atoms with Crippen molar-refractivity contribution in [1.82, 2.24) is 0 Å². The topological polar surface area (TPSA) is 130 Å². The third kappa shape index (κ3) is 6.70. The Morgan fingerprint density at radius 1 is 1.23 bits per heavy atom. The lowest BCUT2D eigenvalue weighted by Gasteiger charge is -2.24. The molecule has 30 heavy (non-hydrogen) atoms. The zero-order valence-corrected chi connectivity index (χ0v) is 17.9. The average Bonchev–Trinajstić information content (AvgIpc) is 3.11. The van der Waals surface area contributed by atoms with Crippen molar-refractivity contribution in [2.24, 2.45) is 15.2 Å². The lowest BCUT2D eigenvalue weighted by molar-refractivity contribution is -0.140. The van der Waals surface area contributed by atoms with Crippen LogP contribution in [0.15, 0.2) is 33.4 Å². The molecule has 1 N–H and O–H groups in total. The summed E-state index contributed by atoms with van der Waals surface area (Å²) >= 11 is 6.99. The highest BCUT2D eigenvalue weighted by atomic mass is 35.5. The van der Waals surface area contributed by atoms with Crippen LogP contribution in [0.5, 0.6) is 5.75 Å². The minimum absolute atomic E-state index is 0.106. The number of benzene rings is 1. The maximum absolute atomic E-state index is 11.5. The number of hydrogen-bond donors (Lipinski definition) is 1. The Balaban J connectivity index is 2.12. The summed E-state index contributed by atoms with van der Waals surface area (Å²) in [5, 5.41) is 17.9. The second-order valence-corrected chi connectivity index (χ2v) is 7.61. The number of azo groups is 1. The number of phenols is 1. The fraction of sp³-hybridized carbons (Fsp3) is 0.444. The first-order valence-corrected chi connectivity index (χ1v) is 10.2. The molecular formula is C18H21ClN4O6S. The number of methoxy groups -OCH3 is 2. The van der Waals surface area contributed by atoms with Crippen molar-refractivity contribution in [2.45, 2.75) is 23.6 Å². The largest absolute Gasteiger partial charge is 0.506 e. The molecule has 0 saturated heterocycles. The number of amidine groups is 1. The van der Waals surface area contributed by atoms with Gasteiger partial charge in [0, 0.05) is 24.8 Å². The molecular weight excluding hydrogens is 436 g/mol. The number of aliphatic imine (C=N–C) groups is 1. The quantitative estimate of drug-likeness (QED) is 0.197. The molecule has 1 aromatic rings. The van der Waals surface area contributed by atoms with E-state index in [1.807, 2.05) is 0 Å². The number of carbonyl (C=O) groups is 3. The molecule has 1 aromatic carbocycles. The van der Waals surface area contributed by atoms with Crippen LogP contribution in [-0.4, -0.2) is 66.6 Å². The lowest BCUT2D eigenvalue weighted by atomic mass is 10.2. The molecule has 2 atom stereocenters. The van der Waals surface area contributed by atoms with Crippen LogP contribution in [0.25, 0.3) is 0 Å². The van der Waals surface area contributed by atoms with E-state index >= 15 is 0 Å². The Bertz CT molecular complexity index is 830. The van der Waals surface area contributed by atoms with E-state index in [9.17, 15) is 19.5 Å². The molecule has 1 aliphatic rings. The predicted molar refractivity (Wildman–Crippen MR) is 113 cm³/mol. The van der Waals surface area contributed by atoms with Crippen molar-refractivity contribution in [3.63, 3.8) is 0 Å². The fourth-order valence-corrected chi connectivity index (χ4v) is 3.54. The summed E-state index contributed by atoms with van der Waals surface area (Å²) in [5.74, 6) is -0.946. The summed E-state index contributed by atoms with van der Waals surface area (Å²) < 4.78 is 9.30. The van der Waals surface area contributed by atoms with Gasteiger partial charge in [-0.15, -0.1) is 10.2 Å². The number of aldehydes is 1. The number of phenolic OH excluding ortho intramolecular Hbond substituents is 1. The van der Waals surface area contributed by atoms with E-state index in [2.05, 4.69) is 24.7 Å². The summed E-state index contributed by atoms with van der Waals surface area (Å²) in [6.45, 7) is 0.559. The zero-order chi connectivity index (χ0) is 22.1. The number of carbonyl (C=O) groups excluding carboxylic acids is 3. The minimum atomic E-state index is -0.699. The first-order chi connectivity index (χ1) is 14.4. The van der Waals surface area contributed by atoms with E-state index in [0.29, 0.717) is 12.0 Å². The van der Waals surface area contributed by atoms with Crippen molar-refractivity contribution in [2.75, 3.05) is 32.2 Å². The van der Waals surface area contributed by atoms with Gasteiger partial charge in [0.2, 0.25) is 5.17 Å². The number of aromatic hydroxyl groups is 1. The minimum Gasteiger partial charge on any atom is -0.506 e. The van der Waals surface area contributed by atoms with Gasteiger partial charge in [-0.25, -0.2) is 4.99 Å². The number of alkyl halides is 1. The van der Waals surface area contributed by atoms with Gasteiger partial charge in [-0.1, -0.05) is 23.4 Å². The molecule has 162 valence electrons. The first-order valence-electron chi connectivity index (χ1n) is 8.85. The van der Waals surface area contributed by atoms with E-state index < -0.39 is 22.7 Å². The first kappa shape index (κ1) is 23.6. The molecule has 0 saturated carbocycles. The van der Waals surface area contributed by atoms with Crippen molar-refractivity contribution in [3.8, 4) is 5.75 Å². The molecule has 0 bridgehead atoms. The molecule has 0 fully saturated rings. The molecule has 1 heterocycles. The molecule has 2 rings (SSSR count). The van der Waals surface area contributed by atoms with E-state index in [0.717, 1.165) is 11.8 Å². The van der Waals surface area contributed by atoms with Crippen LogP contribution in [-0.2, 0) is 23.9 Å².